The van der Waals surface area contributed by atoms with Gasteiger partial charge in [-0.1, -0.05) is 54.6 Å². The maximum atomic E-state index is 6.14. The van der Waals surface area contributed by atoms with Crippen LogP contribution in [0.25, 0.3) is 68.8 Å². The molecule has 44 heavy (non-hydrogen) atoms. The molecule has 4 aromatic heterocycles. The zero-order valence-electron chi connectivity index (χ0n) is 24.2. The fraction of sp³-hybridized carbons (Fsp3) is 0.100. The van der Waals surface area contributed by atoms with Crippen LogP contribution in [0.2, 0.25) is 0 Å². The van der Waals surface area contributed by atoms with E-state index >= 15 is 0 Å². The van der Waals surface area contributed by atoms with E-state index in [1.54, 1.807) is 0 Å². The summed E-state index contributed by atoms with van der Waals surface area (Å²) in [6.45, 7) is 1.93. The van der Waals surface area contributed by atoms with Gasteiger partial charge in [-0.3, -0.25) is 0 Å². The minimum absolute atomic E-state index is 0.846. The molecular formula is C40H30N2O2+2. The van der Waals surface area contributed by atoms with Crippen LogP contribution in [0.5, 0.6) is 0 Å². The molecule has 0 atom stereocenters. The van der Waals surface area contributed by atoms with Crippen LogP contribution < -0.4 is 9.13 Å². The normalized spacial score (nSPS) is 13.8. The summed E-state index contributed by atoms with van der Waals surface area (Å²) in [4.78, 5) is 0. The van der Waals surface area contributed by atoms with Gasteiger partial charge in [-0.25, -0.2) is 0 Å². The Morgan fingerprint density at radius 3 is 1.91 bits per heavy atom. The number of para-hydroxylation sites is 2. The topological polar surface area (TPSA) is 34.0 Å². The quantitative estimate of drug-likeness (QED) is 0.199. The number of benzene rings is 3. The summed E-state index contributed by atoms with van der Waals surface area (Å²) in [6, 6.07) is 36.4. The Morgan fingerprint density at radius 2 is 1.18 bits per heavy atom. The van der Waals surface area contributed by atoms with E-state index in [9.17, 15) is 0 Å². The van der Waals surface area contributed by atoms with Gasteiger partial charge in [-0.15, -0.1) is 0 Å². The Bertz CT molecular complexity index is 2230. The summed E-state index contributed by atoms with van der Waals surface area (Å²) >= 11 is 0. The third kappa shape index (κ3) is 4.22. The van der Waals surface area contributed by atoms with Gasteiger partial charge in [0.05, 0.1) is 11.1 Å². The standard InChI is InChI=1S/C40H30N2O2/c1-3-10-37-30(7-1)25-33(43-37)16-12-27-23-32(15-17-34-26-31-8-2-4-11-38(31)44-34)42-22-19-29-14-13-28-18-21-41-20-6-5-9-35(41)39(28)40(29)36(42)24-27/h1-17,20,23-26H,18-19,21-22H2/q+2/b16-12+,17-15+. The lowest BCUT2D eigenvalue weighted by Gasteiger charge is -2.23. The first-order chi connectivity index (χ1) is 21.8. The van der Waals surface area contributed by atoms with Crippen molar-refractivity contribution in [1.82, 2.24) is 0 Å². The Hall–Kier alpha value is -5.48. The minimum atomic E-state index is 0.846. The molecule has 0 amide bonds. The Kier molecular flexibility index (Phi) is 5.73. The van der Waals surface area contributed by atoms with Crippen molar-refractivity contribution in [3.05, 3.63) is 143 Å². The largest absolute Gasteiger partial charge is 0.457 e. The number of aryl methyl sites for hydroxylation is 3. The van der Waals surface area contributed by atoms with Gasteiger partial charge in [-0.05, 0) is 59.2 Å². The fourth-order valence-electron chi connectivity index (χ4n) is 6.93. The molecule has 0 aliphatic carbocycles. The van der Waals surface area contributed by atoms with E-state index in [1.807, 2.05) is 36.4 Å². The number of fused-ring (bicyclic) bond motifs is 9. The molecule has 6 heterocycles. The van der Waals surface area contributed by atoms with Gasteiger partial charge in [0.2, 0.25) is 17.1 Å². The third-order valence-corrected chi connectivity index (χ3v) is 9.03. The number of hydrogen-bond acceptors (Lipinski definition) is 2. The number of hydrogen-bond donors (Lipinski definition) is 0. The highest BCUT2D eigenvalue weighted by atomic mass is 16.3. The second-order valence-electron chi connectivity index (χ2n) is 11.7. The molecule has 4 nitrogen and oxygen atoms in total. The monoisotopic (exact) mass is 570 g/mol. The van der Waals surface area contributed by atoms with Gasteiger partial charge in [0.1, 0.15) is 22.7 Å². The molecule has 2 aliphatic heterocycles. The molecule has 0 radical (unpaired) electrons. The summed E-state index contributed by atoms with van der Waals surface area (Å²) in [5, 5.41) is 2.22. The summed E-state index contributed by atoms with van der Waals surface area (Å²) < 4.78 is 17.1. The maximum absolute atomic E-state index is 6.14. The molecule has 0 spiro atoms. The number of pyridine rings is 2. The molecule has 0 saturated carbocycles. The first-order valence-electron chi connectivity index (χ1n) is 15.3. The van der Waals surface area contributed by atoms with Crippen LogP contribution in [0.15, 0.2) is 118 Å². The Balaban J connectivity index is 1.22. The molecule has 3 aromatic carbocycles. The summed E-state index contributed by atoms with van der Waals surface area (Å²) in [7, 11) is 0. The predicted octanol–water partition coefficient (Wildman–Crippen LogP) is 8.54. The van der Waals surface area contributed by atoms with Crippen LogP contribution in [-0.4, -0.2) is 0 Å². The Labute approximate surface area is 255 Å². The number of nitrogens with zero attached hydrogens (tertiary/aromatic N) is 2. The Morgan fingerprint density at radius 1 is 0.545 bits per heavy atom. The molecule has 0 fully saturated rings. The molecule has 9 rings (SSSR count). The van der Waals surface area contributed by atoms with E-state index < -0.39 is 0 Å². The van der Waals surface area contributed by atoms with Crippen molar-refractivity contribution in [3.8, 4) is 22.5 Å². The van der Waals surface area contributed by atoms with E-state index in [4.69, 9.17) is 8.83 Å². The van der Waals surface area contributed by atoms with E-state index in [0.717, 1.165) is 70.6 Å². The van der Waals surface area contributed by atoms with E-state index in [1.165, 1.54) is 33.6 Å². The maximum Gasteiger partial charge on any atom is 0.214 e. The number of rotatable bonds is 4. The van der Waals surface area contributed by atoms with E-state index in [-0.39, 0.29) is 0 Å². The van der Waals surface area contributed by atoms with Gasteiger partial charge in [0.15, 0.2) is 19.3 Å². The third-order valence-electron chi connectivity index (χ3n) is 9.03. The predicted molar refractivity (Wildman–Crippen MR) is 175 cm³/mol. The van der Waals surface area contributed by atoms with Crippen molar-refractivity contribution in [3.63, 3.8) is 0 Å². The summed E-state index contributed by atoms with van der Waals surface area (Å²) in [6.07, 6.45) is 12.8. The van der Waals surface area contributed by atoms with Crippen LogP contribution in [0, 0.1) is 0 Å². The summed E-state index contributed by atoms with van der Waals surface area (Å²) in [5.41, 5.74) is 12.2. The molecule has 7 aromatic rings. The SMILES string of the molecule is C(=C\c1cc2ccccc2o1)/c1cc(/C=C/c2cc3ccccc3o2)[n+]2c(c1)-c1c(ccc3c1-c1cccc[n+]1CC3)CC2. The van der Waals surface area contributed by atoms with E-state index in [2.05, 4.69) is 106 Å². The van der Waals surface area contributed by atoms with Gasteiger partial charge in [-0.2, -0.15) is 9.13 Å². The van der Waals surface area contributed by atoms with E-state index in [0.29, 0.717) is 0 Å². The van der Waals surface area contributed by atoms with Crippen molar-refractivity contribution < 1.29 is 18.0 Å². The molecule has 0 saturated heterocycles. The number of aromatic nitrogens is 2. The molecule has 0 bridgehead atoms. The molecule has 0 unspecified atom stereocenters. The van der Waals surface area contributed by atoms with Gasteiger partial charge >= 0.3 is 0 Å². The average Bonchev–Trinajstić information content (AvgIpc) is 3.69. The van der Waals surface area contributed by atoms with Crippen molar-refractivity contribution in [2.75, 3.05) is 0 Å². The first kappa shape index (κ1) is 25.1. The van der Waals surface area contributed by atoms with Gasteiger partial charge in [0, 0.05) is 54.0 Å². The smallest absolute Gasteiger partial charge is 0.214 e. The lowest BCUT2D eigenvalue weighted by molar-refractivity contribution is -0.690. The summed E-state index contributed by atoms with van der Waals surface area (Å²) in [5.74, 6) is 1.70. The number of furan rings is 2. The minimum Gasteiger partial charge on any atom is -0.457 e. The molecular weight excluding hydrogens is 540 g/mol. The second-order valence-corrected chi connectivity index (χ2v) is 11.7. The highest BCUT2D eigenvalue weighted by molar-refractivity contribution is 5.87. The van der Waals surface area contributed by atoms with Crippen molar-refractivity contribution in [2.45, 2.75) is 25.9 Å². The fourth-order valence-corrected chi connectivity index (χ4v) is 6.93. The first-order valence-corrected chi connectivity index (χ1v) is 15.3. The van der Waals surface area contributed by atoms with Crippen LogP contribution in [-0.2, 0) is 25.9 Å². The zero-order chi connectivity index (χ0) is 29.0. The lowest BCUT2D eigenvalue weighted by atomic mass is 9.84. The zero-order valence-corrected chi connectivity index (χ0v) is 24.2. The van der Waals surface area contributed by atoms with Crippen molar-refractivity contribution in [1.29, 1.82) is 0 Å². The molecule has 4 heteroatoms. The molecule has 2 aliphatic rings. The molecule has 0 N–H and O–H groups in total. The molecule has 210 valence electrons. The average molecular weight is 571 g/mol. The second kappa shape index (κ2) is 10.1. The van der Waals surface area contributed by atoms with Crippen molar-refractivity contribution >= 4 is 46.2 Å². The van der Waals surface area contributed by atoms with Gasteiger partial charge in [0.25, 0.3) is 0 Å². The highest BCUT2D eigenvalue weighted by Crippen LogP contribution is 2.40. The van der Waals surface area contributed by atoms with Crippen molar-refractivity contribution in [2.24, 2.45) is 0 Å². The van der Waals surface area contributed by atoms with Crippen LogP contribution in [0.3, 0.4) is 0 Å². The van der Waals surface area contributed by atoms with Crippen LogP contribution >= 0.6 is 0 Å². The van der Waals surface area contributed by atoms with Crippen LogP contribution in [0.1, 0.15) is 33.9 Å². The van der Waals surface area contributed by atoms with Gasteiger partial charge < -0.3 is 8.83 Å². The van der Waals surface area contributed by atoms with Crippen LogP contribution in [0.4, 0.5) is 0 Å². The highest BCUT2D eigenvalue weighted by Gasteiger charge is 2.34. The lowest BCUT2D eigenvalue weighted by Crippen LogP contribution is -2.44.